The molecule has 0 aliphatic rings. The SMILES string of the molecule is CC(=O)Nc1ccc(/C=C/C(=O)Nc2ccc(OC(F)F)cc2)cc1. The number of hydrogen-bond donors (Lipinski definition) is 2. The molecule has 0 aliphatic carbocycles. The molecule has 0 spiro atoms. The van der Waals surface area contributed by atoms with Crippen molar-refractivity contribution < 1.29 is 23.1 Å². The summed E-state index contributed by atoms with van der Waals surface area (Å²) in [6.07, 6.45) is 2.96. The predicted octanol–water partition coefficient (Wildman–Crippen LogP) is 3.90. The number of alkyl halides is 2. The average Bonchev–Trinajstić information content (AvgIpc) is 2.55. The highest BCUT2D eigenvalue weighted by Gasteiger charge is 2.04. The number of nitrogens with one attached hydrogen (secondary N) is 2. The molecule has 2 N–H and O–H groups in total. The molecule has 7 heteroatoms. The number of carbonyl (C=O) groups excluding carboxylic acids is 2. The van der Waals surface area contributed by atoms with Crippen molar-refractivity contribution in [3.8, 4) is 5.75 Å². The Bertz CT molecular complexity index is 757. The maximum absolute atomic E-state index is 12.1. The first-order valence-electron chi connectivity index (χ1n) is 7.34. The van der Waals surface area contributed by atoms with Gasteiger partial charge < -0.3 is 15.4 Å². The van der Waals surface area contributed by atoms with Crippen molar-refractivity contribution in [2.75, 3.05) is 10.6 Å². The van der Waals surface area contributed by atoms with E-state index in [9.17, 15) is 18.4 Å². The second-order valence-corrected chi connectivity index (χ2v) is 5.03. The Hall–Kier alpha value is -3.22. The monoisotopic (exact) mass is 346 g/mol. The van der Waals surface area contributed by atoms with Crippen molar-refractivity contribution in [1.29, 1.82) is 0 Å². The molecule has 2 amide bonds. The molecule has 0 radical (unpaired) electrons. The van der Waals surface area contributed by atoms with Crippen LogP contribution in [-0.4, -0.2) is 18.4 Å². The fraction of sp³-hybridized carbons (Fsp3) is 0.111. The number of halogens is 2. The van der Waals surface area contributed by atoms with E-state index >= 15 is 0 Å². The molecule has 130 valence electrons. The Labute approximate surface area is 143 Å². The summed E-state index contributed by atoms with van der Waals surface area (Å²) < 4.78 is 28.3. The van der Waals surface area contributed by atoms with E-state index in [2.05, 4.69) is 15.4 Å². The van der Waals surface area contributed by atoms with Crippen LogP contribution in [0.3, 0.4) is 0 Å². The molecular weight excluding hydrogens is 330 g/mol. The summed E-state index contributed by atoms with van der Waals surface area (Å²) in [7, 11) is 0. The molecule has 0 aliphatic heterocycles. The quantitative estimate of drug-likeness (QED) is 0.780. The third kappa shape index (κ3) is 6.42. The highest BCUT2D eigenvalue weighted by atomic mass is 19.3. The average molecular weight is 346 g/mol. The molecule has 2 aromatic rings. The van der Waals surface area contributed by atoms with E-state index in [1.54, 1.807) is 30.3 Å². The summed E-state index contributed by atoms with van der Waals surface area (Å²) in [5, 5.41) is 5.25. The first-order chi connectivity index (χ1) is 11.9. The summed E-state index contributed by atoms with van der Waals surface area (Å²) in [5.74, 6) is -0.510. The van der Waals surface area contributed by atoms with Gasteiger partial charge in [0.15, 0.2) is 0 Å². The maximum atomic E-state index is 12.1. The molecule has 0 bridgehead atoms. The second-order valence-electron chi connectivity index (χ2n) is 5.03. The van der Waals surface area contributed by atoms with E-state index in [4.69, 9.17) is 0 Å². The van der Waals surface area contributed by atoms with Gasteiger partial charge in [-0.15, -0.1) is 0 Å². The van der Waals surface area contributed by atoms with Crippen LogP contribution in [0, 0.1) is 0 Å². The van der Waals surface area contributed by atoms with Crippen molar-refractivity contribution in [1.82, 2.24) is 0 Å². The molecule has 0 heterocycles. The number of amides is 2. The summed E-state index contributed by atoms with van der Waals surface area (Å²) >= 11 is 0. The van der Waals surface area contributed by atoms with Gasteiger partial charge in [-0.2, -0.15) is 8.78 Å². The maximum Gasteiger partial charge on any atom is 0.387 e. The number of hydrogen-bond acceptors (Lipinski definition) is 3. The van der Waals surface area contributed by atoms with E-state index in [1.165, 1.54) is 37.3 Å². The molecule has 0 atom stereocenters. The molecule has 0 fully saturated rings. The van der Waals surface area contributed by atoms with Crippen LogP contribution in [0.2, 0.25) is 0 Å². The predicted molar refractivity (Wildman–Crippen MR) is 91.5 cm³/mol. The number of anilines is 2. The van der Waals surface area contributed by atoms with E-state index < -0.39 is 6.61 Å². The van der Waals surface area contributed by atoms with E-state index in [0.717, 1.165) is 5.56 Å². The third-order valence-corrected chi connectivity index (χ3v) is 3.01. The van der Waals surface area contributed by atoms with Crippen molar-refractivity contribution in [2.24, 2.45) is 0 Å². The molecular formula is C18H16F2N2O3. The number of benzene rings is 2. The molecule has 0 saturated heterocycles. The van der Waals surface area contributed by atoms with E-state index in [0.29, 0.717) is 11.4 Å². The van der Waals surface area contributed by atoms with Crippen LogP contribution < -0.4 is 15.4 Å². The lowest BCUT2D eigenvalue weighted by atomic mass is 10.2. The van der Waals surface area contributed by atoms with Gasteiger partial charge >= 0.3 is 6.61 Å². The lowest BCUT2D eigenvalue weighted by Gasteiger charge is -2.06. The molecule has 0 unspecified atom stereocenters. The fourth-order valence-corrected chi connectivity index (χ4v) is 1.96. The Morgan fingerprint density at radius 3 is 2.08 bits per heavy atom. The normalized spacial score (nSPS) is 10.7. The van der Waals surface area contributed by atoms with Gasteiger partial charge in [0.25, 0.3) is 0 Å². The minimum Gasteiger partial charge on any atom is -0.435 e. The Balaban J connectivity index is 1.90. The molecule has 2 aromatic carbocycles. The van der Waals surface area contributed by atoms with Crippen LogP contribution in [0.15, 0.2) is 54.6 Å². The van der Waals surface area contributed by atoms with Gasteiger partial charge in [-0.05, 0) is 48.0 Å². The lowest BCUT2D eigenvalue weighted by molar-refractivity contribution is -0.114. The summed E-state index contributed by atoms with van der Waals surface area (Å²) in [4.78, 5) is 22.8. The molecule has 2 rings (SSSR count). The minimum atomic E-state index is -2.89. The lowest BCUT2D eigenvalue weighted by Crippen LogP contribution is -2.08. The van der Waals surface area contributed by atoms with Crippen LogP contribution in [0.5, 0.6) is 5.75 Å². The van der Waals surface area contributed by atoms with Crippen LogP contribution in [0.1, 0.15) is 12.5 Å². The highest BCUT2D eigenvalue weighted by Crippen LogP contribution is 2.18. The van der Waals surface area contributed by atoms with Gasteiger partial charge in [-0.25, -0.2) is 0 Å². The van der Waals surface area contributed by atoms with Crippen molar-refractivity contribution >= 4 is 29.3 Å². The topological polar surface area (TPSA) is 67.4 Å². The second kappa shape index (κ2) is 8.58. The Morgan fingerprint density at radius 1 is 0.960 bits per heavy atom. The van der Waals surface area contributed by atoms with E-state index in [1.807, 2.05) is 0 Å². The number of rotatable bonds is 6. The highest BCUT2D eigenvalue weighted by molar-refractivity contribution is 6.02. The van der Waals surface area contributed by atoms with Gasteiger partial charge in [0.2, 0.25) is 11.8 Å². The standard InChI is InChI=1S/C18H16F2N2O3/c1-12(23)21-14-5-2-13(3-6-14)4-11-17(24)22-15-7-9-16(10-8-15)25-18(19)20/h2-11,18H,1H3,(H,21,23)(H,22,24)/b11-4+. The van der Waals surface area contributed by atoms with Crippen LogP contribution in [-0.2, 0) is 9.59 Å². The van der Waals surface area contributed by atoms with Gasteiger partial charge in [0.1, 0.15) is 5.75 Å². The van der Waals surface area contributed by atoms with Crippen molar-refractivity contribution in [3.63, 3.8) is 0 Å². The van der Waals surface area contributed by atoms with Gasteiger partial charge in [0.05, 0.1) is 0 Å². The third-order valence-electron chi connectivity index (χ3n) is 3.01. The van der Waals surface area contributed by atoms with Gasteiger partial charge in [0, 0.05) is 24.4 Å². The summed E-state index contributed by atoms with van der Waals surface area (Å²) in [6, 6.07) is 12.6. The number of ether oxygens (including phenoxy) is 1. The summed E-state index contributed by atoms with van der Waals surface area (Å²) in [5.41, 5.74) is 1.91. The molecule has 0 saturated carbocycles. The van der Waals surface area contributed by atoms with Gasteiger partial charge in [-0.3, -0.25) is 9.59 Å². The fourth-order valence-electron chi connectivity index (χ4n) is 1.96. The van der Waals surface area contributed by atoms with Crippen LogP contribution in [0.4, 0.5) is 20.2 Å². The van der Waals surface area contributed by atoms with E-state index in [-0.39, 0.29) is 17.6 Å². The minimum absolute atomic E-state index is 0.0165. The molecule has 5 nitrogen and oxygen atoms in total. The summed E-state index contributed by atoms with van der Waals surface area (Å²) in [6.45, 7) is -1.47. The molecule has 25 heavy (non-hydrogen) atoms. The van der Waals surface area contributed by atoms with Crippen LogP contribution >= 0.6 is 0 Å². The Kier molecular flexibility index (Phi) is 6.22. The zero-order valence-corrected chi connectivity index (χ0v) is 13.3. The van der Waals surface area contributed by atoms with Crippen LogP contribution in [0.25, 0.3) is 6.08 Å². The van der Waals surface area contributed by atoms with Gasteiger partial charge in [-0.1, -0.05) is 12.1 Å². The zero-order valence-electron chi connectivity index (χ0n) is 13.3. The largest absolute Gasteiger partial charge is 0.435 e. The van der Waals surface area contributed by atoms with Crippen molar-refractivity contribution in [2.45, 2.75) is 13.5 Å². The number of carbonyl (C=O) groups is 2. The molecule has 0 aromatic heterocycles. The zero-order chi connectivity index (χ0) is 18.2. The first kappa shape index (κ1) is 18.1. The smallest absolute Gasteiger partial charge is 0.387 e. The Morgan fingerprint density at radius 2 is 1.52 bits per heavy atom. The van der Waals surface area contributed by atoms with Crippen molar-refractivity contribution in [3.05, 3.63) is 60.2 Å². The first-order valence-corrected chi connectivity index (χ1v) is 7.34.